The zero-order chi connectivity index (χ0) is 19.0. The molecule has 1 amide bonds. The number of carbonyl (C=O) groups excluding carboxylic acids is 1. The number of nitrogens with one attached hydrogen (secondary N) is 2. The Morgan fingerprint density at radius 3 is 2.81 bits per heavy atom. The second-order valence-electron chi connectivity index (χ2n) is 6.16. The maximum atomic E-state index is 13.1. The summed E-state index contributed by atoms with van der Waals surface area (Å²) in [7, 11) is 0. The average molecular weight is 384 g/mol. The number of benzene rings is 2. The number of carbonyl (C=O) groups is 1. The van der Waals surface area contributed by atoms with E-state index in [2.05, 4.69) is 20.6 Å². The van der Waals surface area contributed by atoms with Crippen LogP contribution in [0.15, 0.2) is 48.7 Å². The number of halogens is 2. The summed E-state index contributed by atoms with van der Waals surface area (Å²) in [4.78, 5) is 12.7. The molecule has 6 nitrogen and oxygen atoms in total. The van der Waals surface area contributed by atoms with Crippen molar-refractivity contribution in [2.75, 3.05) is 5.32 Å². The Kier molecular flexibility index (Phi) is 4.37. The Morgan fingerprint density at radius 1 is 1.26 bits per heavy atom. The Balaban J connectivity index is 1.58. The van der Waals surface area contributed by atoms with Crippen LogP contribution in [0.2, 0.25) is 5.15 Å². The number of anilines is 1. The molecule has 0 spiro atoms. The predicted molar refractivity (Wildman–Crippen MR) is 102 cm³/mol. The molecule has 0 aliphatic carbocycles. The van der Waals surface area contributed by atoms with Gasteiger partial charge in [0, 0.05) is 11.1 Å². The van der Waals surface area contributed by atoms with E-state index in [1.807, 2.05) is 12.1 Å². The Hall–Kier alpha value is -3.19. The summed E-state index contributed by atoms with van der Waals surface area (Å²) in [6.45, 7) is 2.06. The Bertz CT molecular complexity index is 1130. The van der Waals surface area contributed by atoms with Gasteiger partial charge >= 0.3 is 0 Å². The lowest BCUT2D eigenvalue weighted by molar-refractivity contribution is 0.102. The van der Waals surface area contributed by atoms with Crippen LogP contribution >= 0.6 is 11.6 Å². The molecule has 2 aromatic heterocycles. The molecular formula is C19H15ClFN5O. The van der Waals surface area contributed by atoms with Crippen molar-refractivity contribution in [1.29, 1.82) is 0 Å². The summed E-state index contributed by atoms with van der Waals surface area (Å²) < 4.78 is 14.6. The maximum Gasteiger partial charge on any atom is 0.260 e. The molecule has 0 aliphatic rings. The molecule has 0 unspecified atom stereocenters. The maximum absolute atomic E-state index is 13.1. The molecule has 2 aromatic carbocycles. The molecule has 8 heteroatoms. The van der Waals surface area contributed by atoms with Crippen LogP contribution < -0.4 is 5.32 Å². The molecule has 0 fully saturated rings. The lowest BCUT2D eigenvalue weighted by Crippen LogP contribution is -2.13. The number of hydrogen-bond donors (Lipinski definition) is 2. The molecule has 0 bridgehead atoms. The second kappa shape index (κ2) is 6.85. The Morgan fingerprint density at radius 2 is 2.04 bits per heavy atom. The molecule has 4 aromatic rings. The molecule has 4 rings (SSSR count). The van der Waals surface area contributed by atoms with Crippen molar-refractivity contribution in [3.63, 3.8) is 0 Å². The summed E-state index contributed by atoms with van der Waals surface area (Å²) >= 11 is 6.40. The summed E-state index contributed by atoms with van der Waals surface area (Å²) in [6, 6.07) is 11.5. The van der Waals surface area contributed by atoms with Crippen molar-refractivity contribution in [3.8, 4) is 0 Å². The van der Waals surface area contributed by atoms with Crippen LogP contribution in [0.1, 0.15) is 21.6 Å². The average Bonchev–Trinajstić information content (AvgIpc) is 3.21. The minimum atomic E-state index is -0.342. The number of nitrogens with zero attached hydrogens (tertiary/aromatic N) is 3. The van der Waals surface area contributed by atoms with Gasteiger partial charge in [0.1, 0.15) is 11.0 Å². The topological polar surface area (TPSA) is 75.6 Å². The van der Waals surface area contributed by atoms with Gasteiger partial charge in [0.25, 0.3) is 5.91 Å². The van der Waals surface area contributed by atoms with Crippen LogP contribution in [0.3, 0.4) is 0 Å². The molecule has 2 N–H and O–H groups in total. The number of fused-ring (bicyclic) bond motifs is 1. The summed E-state index contributed by atoms with van der Waals surface area (Å²) in [6.07, 6.45) is 1.68. The molecule has 2 heterocycles. The van der Waals surface area contributed by atoms with E-state index in [0.717, 1.165) is 16.5 Å². The smallest absolute Gasteiger partial charge is 0.260 e. The van der Waals surface area contributed by atoms with Crippen LogP contribution in [0.5, 0.6) is 0 Å². The molecular weight excluding hydrogens is 369 g/mol. The zero-order valence-corrected chi connectivity index (χ0v) is 15.1. The molecule has 0 saturated carbocycles. The fourth-order valence-electron chi connectivity index (χ4n) is 2.89. The highest BCUT2D eigenvalue weighted by molar-refractivity contribution is 6.33. The van der Waals surface area contributed by atoms with Gasteiger partial charge in [-0.1, -0.05) is 23.7 Å². The van der Waals surface area contributed by atoms with Crippen LogP contribution in [-0.4, -0.2) is 25.9 Å². The van der Waals surface area contributed by atoms with E-state index in [9.17, 15) is 9.18 Å². The molecule has 27 heavy (non-hydrogen) atoms. The van der Waals surface area contributed by atoms with Crippen LogP contribution in [0.4, 0.5) is 10.1 Å². The van der Waals surface area contributed by atoms with E-state index in [1.165, 1.54) is 16.8 Å². The number of aryl methyl sites for hydroxylation is 1. The van der Waals surface area contributed by atoms with E-state index >= 15 is 0 Å². The van der Waals surface area contributed by atoms with Crippen molar-refractivity contribution in [1.82, 2.24) is 20.0 Å². The van der Waals surface area contributed by atoms with Crippen LogP contribution in [-0.2, 0) is 6.54 Å². The first-order valence-electron chi connectivity index (χ1n) is 8.23. The number of H-pyrrole nitrogens is 1. The lowest BCUT2D eigenvalue weighted by Gasteiger charge is -2.06. The van der Waals surface area contributed by atoms with Gasteiger partial charge in [0.2, 0.25) is 0 Å². The third-order valence-corrected chi connectivity index (χ3v) is 4.62. The monoisotopic (exact) mass is 383 g/mol. The van der Waals surface area contributed by atoms with Gasteiger partial charge < -0.3 is 5.32 Å². The molecule has 0 atom stereocenters. The van der Waals surface area contributed by atoms with Gasteiger partial charge in [-0.15, -0.1) is 0 Å². The summed E-state index contributed by atoms with van der Waals surface area (Å²) in [5.74, 6) is -0.651. The van der Waals surface area contributed by atoms with Crippen molar-refractivity contribution >= 4 is 34.1 Å². The van der Waals surface area contributed by atoms with E-state index in [-0.39, 0.29) is 16.9 Å². The lowest BCUT2D eigenvalue weighted by atomic mass is 10.2. The number of rotatable bonds is 4. The van der Waals surface area contributed by atoms with Gasteiger partial charge in [0.05, 0.1) is 29.5 Å². The summed E-state index contributed by atoms with van der Waals surface area (Å²) in [5.41, 5.74) is 3.18. The van der Waals surface area contributed by atoms with E-state index < -0.39 is 0 Å². The number of amides is 1. The SMILES string of the molecule is Cc1nn(Cc2ccc(F)cc2)c(Cl)c1C(=O)Nc1ccc2[nH]ncc2c1. The number of aromatic nitrogens is 4. The van der Waals surface area contributed by atoms with E-state index in [0.29, 0.717) is 23.5 Å². The molecule has 0 saturated heterocycles. The van der Waals surface area contributed by atoms with Crippen LogP contribution in [0, 0.1) is 12.7 Å². The first-order valence-corrected chi connectivity index (χ1v) is 8.61. The largest absolute Gasteiger partial charge is 0.322 e. The first-order chi connectivity index (χ1) is 13.0. The number of aromatic amines is 1. The Labute approximate surface area is 159 Å². The van der Waals surface area contributed by atoms with Crippen molar-refractivity contribution < 1.29 is 9.18 Å². The van der Waals surface area contributed by atoms with E-state index in [1.54, 1.807) is 31.3 Å². The summed E-state index contributed by atoms with van der Waals surface area (Å²) in [5, 5.41) is 15.1. The molecule has 136 valence electrons. The molecule has 0 radical (unpaired) electrons. The van der Waals surface area contributed by atoms with E-state index in [4.69, 9.17) is 11.6 Å². The normalized spacial score (nSPS) is 11.1. The quantitative estimate of drug-likeness (QED) is 0.555. The van der Waals surface area contributed by atoms with Crippen molar-refractivity contribution in [2.45, 2.75) is 13.5 Å². The first kappa shape index (κ1) is 17.2. The van der Waals surface area contributed by atoms with Gasteiger partial charge in [0.15, 0.2) is 0 Å². The predicted octanol–water partition coefficient (Wildman–Crippen LogP) is 4.16. The minimum absolute atomic E-state index is 0.235. The van der Waals surface area contributed by atoms with Crippen molar-refractivity contribution in [3.05, 3.63) is 76.5 Å². The van der Waals surface area contributed by atoms with Gasteiger partial charge in [-0.05, 0) is 42.8 Å². The second-order valence-corrected chi connectivity index (χ2v) is 6.52. The highest BCUT2D eigenvalue weighted by atomic mass is 35.5. The third-order valence-electron chi connectivity index (χ3n) is 4.24. The van der Waals surface area contributed by atoms with Gasteiger partial charge in [-0.2, -0.15) is 10.2 Å². The fourth-order valence-corrected chi connectivity index (χ4v) is 3.21. The van der Waals surface area contributed by atoms with Crippen LogP contribution in [0.25, 0.3) is 10.9 Å². The standard InChI is InChI=1S/C19H15ClFN5O/c1-11-17(18(20)26(25-11)10-12-2-4-14(21)5-3-12)19(27)23-15-6-7-16-13(8-15)9-22-24-16/h2-9H,10H2,1H3,(H,22,24)(H,23,27). The minimum Gasteiger partial charge on any atom is -0.322 e. The highest BCUT2D eigenvalue weighted by Gasteiger charge is 2.20. The van der Waals surface area contributed by atoms with Crippen molar-refractivity contribution in [2.24, 2.45) is 0 Å². The van der Waals surface area contributed by atoms with Gasteiger partial charge in [-0.3, -0.25) is 9.89 Å². The highest BCUT2D eigenvalue weighted by Crippen LogP contribution is 2.23. The third kappa shape index (κ3) is 3.41. The molecule has 0 aliphatic heterocycles. The number of hydrogen-bond acceptors (Lipinski definition) is 3. The van der Waals surface area contributed by atoms with Gasteiger partial charge in [-0.25, -0.2) is 9.07 Å². The fraction of sp³-hybridized carbons (Fsp3) is 0.105. The zero-order valence-electron chi connectivity index (χ0n) is 14.3.